The Balaban J connectivity index is 1.21. The maximum atomic E-state index is 12.7. The third-order valence-electron chi connectivity index (χ3n) is 6.07. The zero-order chi connectivity index (χ0) is 25.6. The number of fused-ring (bicyclic) bond motifs is 2. The molecule has 1 aromatic heterocycles. The zero-order valence-corrected chi connectivity index (χ0v) is 20.7. The average molecular weight is 496 g/mol. The van der Waals surface area contributed by atoms with Gasteiger partial charge in [-0.2, -0.15) is 5.10 Å². The van der Waals surface area contributed by atoms with E-state index in [9.17, 15) is 14.4 Å². The smallest absolute Gasteiger partial charge is 0.415 e. The number of amidine groups is 1. The minimum atomic E-state index is -0.890. The summed E-state index contributed by atoms with van der Waals surface area (Å²) in [5.41, 5.74) is 2.10. The van der Waals surface area contributed by atoms with Gasteiger partial charge in [0.05, 0.1) is 13.1 Å². The van der Waals surface area contributed by atoms with Crippen molar-refractivity contribution in [2.75, 3.05) is 36.9 Å². The van der Waals surface area contributed by atoms with Crippen LogP contribution >= 0.6 is 0 Å². The standard InChI is InChI=1S/C24H29N7O5/c1-24(2,3)36-23(34)27-22-25-13-17(35-22)20(32)26-18-12-19-30(9-10-31(19)28-18)15-5-6-16-14(11-15)7-8-29(4)21(16)33/h5-6,11-12,17H,7-10,13H2,1-4H3,(H,25,27,34)(H,26,28,32). The highest BCUT2D eigenvalue weighted by atomic mass is 16.6. The van der Waals surface area contributed by atoms with Crippen LogP contribution in [0.1, 0.15) is 36.7 Å². The molecular weight excluding hydrogens is 466 g/mol. The molecule has 4 heterocycles. The van der Waals surface area contributed by atoms with E-state index in [1.165, 1.54) is 0 Å². The van der Waals surface area contributed by atoms with E-state index >= 15 is 0 Å². The molecule has 3 aliphatic rings. The second-order valence-corrected chi connectivity index (χ2v) is 9.95. The molecule has 0 fully saturated rings. The summed E-state index contributed by atoms with van der Waals surface area (Å²) >= 11 is 0. The highest BCUT2D eigenvalue weighted by Crippen LogP contribution is 2.34. The van der Waals surface area contributed by atoms with Gasteiger partial charge in [0.25, 0.3) is 17.8 Å². The molecule has 36 heavy (non-hydrogen) atoms. The normalized spacial score (nSPS) is 18.8. The molecule has 3 amide bonds. The Morgan fingerprint density at radius 1 is 1.14 bits per heavy atom. The fourth-order valence-electron chi connectivity index (χ4n) is 4.36. The number of alkyl carbamates (subject to hydrolysis) is 1. The number of anilines is 3. The van der Waals surface area contributed by atoms with Crippen molar-refractivity contribution in [2.24, 2.45) is 4.99 Å². The minimum absolute atomic E-state index is 0.0434. The number of aromatic nitrogens is 2. The molecule has 12 nitrogen and oxygen atoms in total. The number of aliphatic imine (C=N–C) groups is 1. The molecule has 2 N–H and O–H groups in total. The molecule has 0 spiro atoms. The zero-order valence-electron chi connectivity index (χ0n) is 20.7. The van der Waals surface area contributed by atoms with E-state index in [-0.39, 0.29) is 18.5 Å². The van der Waals surface area contributed by atoms with Crippen LogP contribution < -0.4 is 15.5 Å². The number of carbonyl (C=O) groups excluding carboxylic acids is 3. The van der Waals surface area contributed by atoms with E-state index in [4.69, 9.17) is 9.47 Å². The second-order valence-electron chi connectivity index (χ2n) is 9.95. The lowest BCUT2D eigenvalue weighted by molar-refractivity contribution is -0.122. The molecule has 0 aliphatic carbocycles. The predicted molar refractivity (Wildman–Crippen MR) is 132 cm³/mol. The maximum Gasteiger partial charge on any atom is 0.415 e. The third kappa shape index (κ3) is 4.70. The molecular formula is C24H29N7O5. The van der Waals surface area contributed by atoms with Gasteiger partial charge in [-0.3, -0.25) is 9.59 Å². The number of hydrogen-bond acceptors (Lipinski definition) is 8. The lowest BCUT2D eigenvalue weighted by Crippen LogP contribution is -2.39. The van der Waals surface area contributed by atoms with Crippen LogP contribution in [0.3, 0.4) is 0 Å². The van der Waals surface area contributed by atoms with Gasteiger partial charge < -0.3 is 24.6 Å². The monoisotopic (exact) mass is 495 g/mol. The summed E-state index contributed by atoms with van der Waals surface area (Å²) in [6.45, 7) is 7.41. The van der Waals surface area contributed by atoms with Crippen LogP contribution in [0.25, 0.3) is 0 Å². The average Bonchev–Trinajstić information content (AvgIpc) is 3.51. The van der Waals surface area contributed by atoms with Crippen LogP contribution in [0, 0.1) is 0 Å². The molecule has 3 aliphatic heterocycles. The highest BCUT2D eigenvalue weighted by Gasteiger charge is 2.31. The molecule has 1 atom stereocenters. The first-order valence-electron chi connectivity index (χ1n) is 11.8. The van der Waals surface area contributed by atoms with Crippen molar-refractivity contribution in [3.63, 3.8) is 0 Å². The van der Waals surface area contributed by atoms with Crippen LogP contribution in [0.4, 0.5) is 22.1 Å². The second kappa shape index (κ2) is 8.85. The van der Waals surface area contributed by atoms with Gasteiger partial charge in [0, 0.05) is 37.5 Å². The van der Waals surface area contributed by atoms with Crippen LogP contribution in [-0.4, -0.2) is 77.0 Å². The van der Waals surface area contributed by atoms with Crippen molar-refractivity contribution in [2.45, 2.75) is 45.4 Å². The van der Waals surface area contributed by atoms with E-state index in [0.29, 0.717) is 18.9 Å². The Kier molecular flexibility index (Phi) is 5.81. The summed E-state index contributed by atoms with van der Waals surface area (Å²) in [5, 5.41) is 9.67. The van der Waals surface area contributed by atoms with Gasteiger partial charge in [-0.15, -0.1) is 0 Å². The lowest BCUT2D eigenvalue weighted by atomic mass is 9.98. The molecule has 0 saturated carbocycles. The summed E-state index contributed by atoms with van der Waals surface area (Å²) in [7, 11) is 1.81. The quantitative estimate of drug-likeness (QED) is 0.665. The lowest BCUT2D eigenvalue weighted by Gasteiger charge is -2.26. The van der Waals surface area contributed by atoms with Gasteiger partial charge in [0.2, 0.25) is 0 Å². The summed E-state index contributed by atoms with van der Waals surface area (Å²) in [6.07, 6.45) is -0.779. The summed E-state index contributed by atoms with van der Waals surface area (Å²) in [5.74, 6) is 0.869. The minimum Gasteiger partial charge on any atom is -0.449 e. The molecule has 0 saturated heterocycles. The van der Waals surface area contributed by atoms with E-state index in [2.05, 4.69) is 31.7 Å². The van der Waals surface area contributed by atoms with Gasteiger partial charge in [-0.05, 0) is 51.0 Å². The molecule has 5 rings (SSSR count). The van der Waals surface area contributed by atoms with Gasteiger partial charge in [0.1, 0.15) is 11.4 Å². The summed E-state index contributed by atoms with van der Waals surface area (Å²) < 4.78 is 12.5. The Labute approximate surface area is 208 Å². The van der Waals surface area contributed by atoms with Crippen molar-refractivity contribution < 1.29 is 23.9 Å². The SMILES string of the molecule is CN1CCc2cc(N3CCn4nc(NC(=O)C5CN=C(NC(=O)OC(C)(C)C)O5)cc43)ccc2C1=O. The van der Waals surface area contributed by atoms with E-state index < -0.39 is 23.7 Å². The number of ether oxygens (including phenoxy) is 2. The Bertz CT molecular complexity index is 1260. The Morgan fingerprint density at radius 3 is 2.72 bits per heavy atom. The van der Waals surface area contributed by atoms with Crippen molar-refractivity contribution in [3.05, 3.63) is 35.4 Å². The van der Waals surface area contributed by atoms with Crippen molar-refractivity contribution in [1.82, 2.24) is 20.0 Å². The van der Waals surface area contributed by atoms with Crippen molar-refractivity contribution >= 4 is 41.3 Å². The van der Waals surface area contributed by atoms with Crippen LogP contribution in [0.15, 0.2) is 29.3 Å². The number of nitrogens with one attached hydrogen (secondary N) is 2. The first kappa shape index (κ1) is 23.6. The molecule has 2 aromatic rings. The summed E-state index contributed by atoms with van der Waals surface area (Å²) in [4.78, 5) is 44.9. The highest BCUT2D eigenvalue weighted by molar-refractivity contribution is 5.99. The number of amides is 3. The van der Waals surface area contributed by atoms with Gasteiger partial charge >= 0.3 is 6.09 Å². The molecule has 0 bridgehead atoms. The number of hydrogen-bond donors (Lipinski definition) is 2. The fourth-order valence-corrected chi connectivity index (χ4v) is 4.36. The predicted octanol–water partition coefficient (Wildman–Crippen LogP) is 1.88. The number of benzene rings is 1. The molecule has 1 aromatic carbocycles. The Morgan fingerprint density at radius 2 is 1.94 bits per heavy atom. The number of nitrogens with zero attached hydrogens (tertiary/aromatic N) is 5. The van der Waals surface area contributed by atoms with Gasteiger partial charge in [0.15, 0.2) is 11.9 Å². The van der Waals surface area contributed by atoms with Crippen LogP contribution in [0.5, 0.6) is 0 Å². The van der Waals surface area contributed by atoms with E-state index in [1.807, 2.05) is 23.9 Å². The first-order chi connectivity index (χ1) is 17.1. The number of likely N-dealkylation sites (N-methyl/N-ethyl adjacent to an activating group) is 1. The van der Waals surface area contributed by atoms with Crippen molar-refractivity contribution in [3.8, 4) is 0 Å². The topological polar surface area (TPSA) is 130 Å². The largest absolute Gasteiger partial charge is 0.449 e. The van der Waals surface area contributed by atoms with Crippen LogP contribution in [-0.2, 0) is 27.2 Å². The van der Waals surface area contributed by atoms with Gasteiger partial charge in [-0.25, -0.2) is 19.8 Å². The fraction of sp³-hybridized carbons (Fsp3) is 0.458. The van der Waals surface area contributed by atoms with E-state index in [0.717, 1.165) is 35.6 Å². The van der Waals surface area contributed by atoms with E-state index in [1.54, 1.807) is 31.7 Å². The van der Waals surface area contributed by atoms with Crippen molar-refractivity contribution in [1.29, 1.82) is 0 Å². The number of rotatable bonds is 3. The summed E-state index contributed by atoms with van der Waals surface area (Å²) in [6, 6.07) is 7.63. The molecule has 190 valence electrons. The maximum absolute atomic E-state index is 12.7. The van der Waals surface area contributed by atoms with Crippen LogP contribution in [0.2, 0.25) is 0 Å². The van der Waals surface area contributed by atoms with Gasteiger partial charge in [-0.1, -0.05) is 0 Å². The Hall–Kier alpha value is -4.09. The first-order valence-corrected chi connectivity index (χ1v) is 11.8. The number of carbonyl (C=O) groups is 3. The molecule has 1 unspecified atom stereocenters. The molecule has 0 radical (unpaired) electrons. The molecule has 12 heteroatoms. The third-order valence-corrected chi connectivity index (χ3v) is 6.07.